The maximum Gasteiger partial charge on any atom is 0.405 e. The van der Waals surface area contributed by atoms with Gasteiger partial charge in [0.25, 0.3) is 15.9 Å². The number of hydrogen-bond acceptors (Lipinski definition) is 5. The number of nitrogens with zero attached hydrogens (tertiary/aromatic N) is 1. The molecule has 2 N–H and O–H groups in total. The van der Waals surface area contributed by atoms with Gasteiger partial charge < -0.3 is 14.6 Å². The smallest absolute Gasteiger partial charge is 0.405 e. The van der Waals surface area contributed by atoms with Gasteiger partial charge in [0.15, 0.2) is 0 Å². The molecule has 0 radical (unpaired) electrons. The van der Waals surface area contributed by atoms with E-state index in [1.165, 1.54) is 6.07 Å². The minimum atomic E-state index is -4.55. The molecule has 2 aromatic carbocycles. The number of ether oxygens (including phenoxy) is 1. The van der Waals surface area contributed by atoms with Gasteiger partial charge in [0.2, 0.25) is 0 Å². The lowest BCUT2D eigenvalue weighted by Gasteiger charge is -2.11. The normalized spacial score (nSPS) is 11.9. The molecule has 0 aliphatic heterocycles. The quantitative estimate of drug-likeness (QED) is 0.478. The van der Waals surface area contributed by atoms with Crippen LogP contribution in [0, 0.1) is 0 Å². The Labute approximate surface area is 187 Å². The molecule has 0 saturated heterocycles. The van der Waals surface area contributed by atoms with Gasteiger partial charge in [-0.3, -0.25) is 14.3 Å². The van der Waals surface area contributed by atoms with E-state index < -0.39 is 34.6 Å². The van der Waals surface area contributed by atoms with Gasteiger partial charge in [0.05, 0.1) is 11.5 Å². The fraction of sp³-hybridized carbons (Fsp3) is 0.238. The van der Waals surface area contributed by atoms with Crippen LogP contribution in [0.4, 0.5) is 18.9 Å². The Morgan fingerprint density at radius 2 is 1.76 bits per heavy atom. The van der Waals surface area contributed by atoms with E-state index >= 15 is 0 Å². The van der Waals surface area contributed by atoms with E-state index in [-0.39, 0.29) is 29.3 Å². The SMILES string of the molecule is CCOC(=O)Cn1ccc2cc(NS(=O)(=O)c3ccc(C(=O)NCC(F)(F)F)cc3)ccc21. The van der Waals surface area contributed by atoms with Gasteiger partial charge in [-0.1, -0.05) is 0 Å². The van der Waals surface area contributed by atoms with E-state index in [0.717, 1.165) is 24.3 Å². The Balaban J connectivity index is 1.72. The first kappa shape index (κ1) is 24.1. The number of carbonyl (C=O) groups excluding carboxylic acids is 2. The number of sulfonamides is 1. The molecule has 0 fully saturated rings. The summed E-state index contributed by atoms with van der Waals surface area (Å²) >= 11 is 0. The number of carbonyl (C=O) groups is 2. The third kappa shape index (κ3) is 6.25. The fourth-order valence-electron chi connectivity index (χ4n) is 3.03. The molecule has 12 heteroatoms. The van der Waals surface area contributed by atoms with Gasteiger partial charge in [-0.25, -0.2) is 8.42 Å². The third-order valence-corrected chi connectivity index (χ3v) is 5.90. The zero-order valence-electron chi connectivity index (χ0n) is 17.3. The number of benzene rings is 2. The van der Waals surface area contributed by atoms with E-state index in [9.17, 15) is 31.2 Å². The molecule has 3 aromatic rings. The standard InChI is InChI=1S/C21H20F3N3O5S/c1-2-32-19(28)12-27-10-9-15-11-16(5-8-18(15)27)26-33(30,31)17-6-3-14(4-7-17)20(29)25-13-21(22,23)24/h3-11,26H,2,12-13H2,1H3,(H,25,29). The number of alkyl halides is 3. The molecule has 0 bridgehead atoms. The van der Waals surface area contributed by atoms with Gasteiger partial charge in [-0.15, -0.1) is 0 Å². The first-order chi connectivity index (χ1) is 15.5. The van der Waals surface area contributed by atoms with Crippen LogP contribution in [0.1, 0.15) is 17.3 Å². The molecular formula is C21H20F3N3O5S. The zero-order chi connectivity index (χ0) is 24.2. The Morgan fingerprint density at radius 3 is 2.39 bits per heavy atom. The monoisotopic (exact) mass is 483 g/mol. The molecule has 0 atom stereocenters. The second-order valence-electron chi connectivity index (χ2n) is 6.95. The van der Waals surface area contributed by atoms with Crippen molar-refractivity contribution in [2.45, 2.75) is 24.5 Å². The number of amides is 1. The molecule has 0 unspecified atom stereocenters. The number of fused-ring (bicyclic) bond motifs is 1. The maximum atomic E-state index is 12.7. The highest BCUT2D eigenvalue weighted by atomic mass is 32.2. The molecule has 33 heavy (non-hydrogen) atoms. The van der Waals surface area contributed by atoms with E-state index in [1.54, 1.807) is 41.2 Å². The second kappa shape index (κ2) is 9.53. The summed E-state index contributed by atoms with van der Waals surface area (Å²) in [5, 5.41) is 2.41. The van der Waals surface area contributed by atoms with Crippen molar-refractivity contribution in [3.63, 3.8) is 0 Å². The van der Waals surface area contributed by atoms with Gasteiger partial charge in [0, 0.05) is 28.4 Å². The second-order valence-corrected chi connectivity index (χ2v) is 8.63. The predicted octanol–water partition coefficient (Wildman–Crippen LogP) is 3.30. The van der Waals surface area contributed by atoms with Crippen LogP contribution in [-0.2, 0) is 26.1 Å². The van der Waals surface area contributed by atoms with Crippen molar-refractivity contribution in [2.75, 3.05) is 17.9 Å². The van der Waals surface area contributed by atoms with E-state index in [4.69, 9.17) is 4.74 Å². The Hall–Kier alpha value is -3.54. The summed E-state index contributed by atoms with van der Waals surface area (Å²) in [5.74, 6) is -1.36. The first-order valence-corrected chi connectivity index (χ1v) is 11.2. The first-order valence-electron chi connectivity index (χ1n) is 9.71. The molecular weight excluding hydrogens is 463 g/mol. The summed E-state index contributed by atoms with van der Waals surface area (Å²) in [6.07, 6.45) is -2.87. The molecule has 0 aliphatic carbocycles. The van der Waals surface area contributed by atoms with Crippen LogP contribution in [0.2, 0.25) is 0 Å². The molecule has 0 saturated carbocycles. The van der Waals surface area contributed by atoms with Crippen molar-refractivity contribution in [1.82, 2.24) is 9.88 Å². The highest BCUT2D eigenvalue weighted by Crippen LogP contribution is 2.23. The van der Waals surface area contributed by atoms with Crippen molar-refractivity contribution in [3.05, 3.63) is 60.3 Å². The number of nitrogens with one attached hydrogen (secondary N) is 2. The van der Waals surface area contributed by atoms with Gasteiger partial charge in [-0.05, 0) is 55.5 Å². The zero-order valence-corrected chi connectivity index (χ0v) is 18.2. The molecule has 1 heterocycles. The minimum Gasteiger partial charge on any atom is -0.465 e. The van der Waals surface area contributed by atoms with Gasteiger partial charge >= 0.3 is 12.1 Å². The number of esters is 1. The Morgan fingerprint density at radius 1 is 1.06 bits per heavy atom. The van der Waals surface area contributed by atoms with E-state index in [2.05, 4.69) is 4.72 Å². The summed E-state index contributed by atoms with van der Waals surface area (Å²) in [6.45, 7) is 0.506. The number of aromatic nitrogens is 1. The summed E-state index contributed by atoms with van der Waals surface area (Å²) in [4.78, 5) is 23.3. The van der Waals surface area contributed by atoms with Crippen molar-refractivity contribution in [1.29, 1.82) is 0 Å². The topological polar surface area (TPSA) is 106 Å². The largest absolute Gasteiger partial charge is 0.465 e. The average molecular weight is 483 g/mol. The van der Waals surface area contributed by atoms with Gasteiger partial charge in [0.1, 0.15) is 13.1 Å². The van der Waals surface area contributed by atoms with Crippen LogP contribution < -0.4 is 10.0 Å². The van der Waals surface area contributed by atoms with Crippen LogP contribution in [0.25, 0.3) is 10.9 Å². The molecule has 3 rings (SSSR count). The lowest BCUT2D eigenvalue weighted by Crippen LogP contribution is -2.33. The molecule has 0 spiro atoms. The molecule has 8 nitrogen and oxygen atoms in total. The fourth-order valence-corrected chi connectivity index (χ4v) is 4.08. The number of hydrogen-bond donors (Lipinski definition) is 2. The summed E-state index contributed by atoms with van der Waals surface area (Å²) in [5.41, 5.74) is 0.867. The van der Waals surface area contributed by atoms with Crippen molar-refractivity contribution in [2.24, 2.45) is 0 Å². The Kier molecular flexibility index (Phi) is 6.96. The van der Waals surface area contributed by atoms with Gasteiger partial charge in [-0.2, -0.15) is 13.2 Å². The highest BCUT2D eigenvalue weighted by Gasteiger charge is 2.28. The van der Waals surface area contributed by atoms with Crippen LogP contribution >= 0.6 is 0 Å². The van der Waals surface area contributed by atoms with Crippen molar-refractivity contribution < 1.29 is 35.9 Å². The third-order valence-electron chi connectivity index (χ3n) is 4.50. The number of halogens is 3. The number of rotatable bonds is 8. The maximum absolute atomic E-state index is 12.7. The molecule has 0 aliphatic rings. The summed E-state index contributed by atoms with van der Waals surface area (Å²) in [6, 6.07) is 11.0. The lowest BCUT2D eigenvalue weighted by molar-refractivity contribution is -0.143. The summed E-state index contributed by atoms with van der Waals surface area (Å²) in [7, 11) is -4.02. The van der Waals surface area contributed by atoms with Crippen LogP contribution in [0.3, 0.4) is 0 Å². The van der Waals surface area contributed by atoms with E-state index in [0.29, 0.717) is 10.9 Å². The molecule has 1 aromatic heterocycles. The Bertz CT molecular complexity index is 1270. The minimum absolute atomic E-state index is 0.0192. The van der Waals surface area contributed by atoms with Crippen LogP contribution in [0.15, 0.2) is 59.6 Å². The van der Waals surface area contributed by atoms with E-state index in [1.807, 2.05) is 0 Å². The molecule has 1 amide bonds. The molecule has 176 valence electrons. The predicted molar refractivity (Wildman–Crippen MR) is 114 cm³/mol. The van der Waals surface area contributed by atoms with Crippen LogP contribution in [-0.4, -0.2) is 44.2 Å². The lowest BCUT2D eigenvalue weighted by atomic mass is 10.2. The summed E-state index contributed by atoms with van der Waals surface area (Å²) < 4.78 is 71.0. The van der Waals surface area contributed by atoms with Crippen molar-refractivity contribution in [3.8, 4) is 0 Å². The van der Waals surface area contributed by atoms with Crippen LogP contribution in [0.5, 0.6) is 0 Å². The van der Waals surface area contributed by atoms with Crippen molar-refractivity contribution >= 4 is 38.5 Å². The highest BCUT2D eigenvalue weighted by molar-refractivity contribution is 7.92. The average Bonchev–Trinajstić information content (AvgIpc) is 3.13. The number of anilines is 1.